The predicted molar refractivity (Wildman–Crippen MR) is 54.2 cm³/mol. The Kier molecular flexibility index (Phi) is 3.28. The Hall–Kier alpha value is -0.880. The average Bonchev–Trinajstić information content (AvgIpc) is 2.50. The van der Waals surface area contributed by atoms with Crippen LogP contribution in [0, 0.1) is 0 Å². The molecule has 0 N–H and O–H groups in total. The molecule has 0 aliphatic carbocycles. The minimum absolute atomic E-state index is 0.0408. The first-order chi connectivity index (χ1) is 6.47. The first-order valence-corrected chi connectivity index (χ1v) is 5.98. The van der Waals surface area contributed by atoms with E-state index in [4.69, 9.17) is 0 Å². The van der Waals surface area contributed by atoms with Crippen LogP contribution in [0.3, 0.4) is 0 Å². The summed E-state index contributed by atoms with van der Waals surface area (Å²) in [6.45, 7) is 2.69. The third-order valence-corrected chi connectivity index (χ3v) is 3.75. The fourth-order valence-corrected chi connectivity index (χ4v) is 1.89. The average molecular weight is 217 g/mol. The number of imidazole rings is 1. The minimum Gasteiger partial charge on any atom is -0.334 e. The molecule has 5 nitrogen and oxygen atoms in total. The van der Waals surface area contributed by atoms with Crippen molar-refractivity contribution in [3.8, 4) is 0 Å². The van der Waals surface area contributed by atoms with Crippen LogP contribution in [0.25, 0.3) is 0 Å². The van der Waals surface area contributed by atoms with Crippen molar-refractivity contribution in [1.82, 2.24) is 13.9 Å². The van der Waals surface area contributed by atoms with E-state index < -0.39 is 10.0 Å². The van der Waals surface area contributed by atoms with E-state index in [2.05, 4.69) is 4.98 Å². The topological polar surface area (TPSA) is 55.2 Å². The van der Waals surface area contributed by atoms with Gasteiger partial charge in [0.25, 0.3) is 0 Å². The number of aryl methyl sites for hydroxylation is 1. The highest BCUT2D eigenvalue weighted by Crippen LogP contribution is 2.06. The SMILES string of the molecule is CCn1ccnc1CS(=O)(=O)N(C)C. The zero-order chi connectivity index (χ0) is 10.8. The predicted octanol–water partition coefficient (Wildman–Crippen LogP) is 0.294. The second-order valence-corrected chi connectivity index (χ2v) is 5.35. The molecule has 0 atom stereocenters. The van der Waals surface area contributed by atoms with E-state index in [1.54, 1.807) is 12.4 Å². The zero-order valence-electron chi connectivity index (χ0n) is 8.64. The van der Waals surface area contributed by atoms with E-state index in [1.807, 2.05) is 11.5 Å². The number of hydrogen-bond acceptors (Lipinski definition) is 3. The van der Waals surface area contributed by atoms with Crippen LogP contribution in [-0.2, 0) is 22.3 Å². The number of rotatable bonds is 4. The second-order valence-electron chi connectivity index (χ2n) is 3.17. The summed E-state index contributed by atoms with van der Waals surface area (Å²) in [6, 6.07) is 0. The molecule has 0 saturated heterocycles. The Morgan fingerprint density at radius 2 is 2.14 bits per heavy atom. The maximum atomic E-state index is 11.5. The summed E-state index contributed by atoms with van der Waals surface area (Å²) >= 11 is 0. The van der Waals surface area contributed by atoms with Crippen LogP contribution in [-0.4, -0.2) is 36.4 Å². The summed E-state index contributed by atoms with van der Waals surface area (Å²) in [5.41, 5.74) is 0. The van der Waals surface area contributed by atoms with E-state index >= 15 is 0 Å². The van der Waals surface area contributed by atoms with Gasteiger partial charge in [0.05, 0.1) is 0 Å². The van der Waals surface area contributed by atoms with Gasteiger partial charge in [-0.15, -0.1) is 0 Å². The highest BCUT2D eigenvalue weighted by atomic mass is 32.2. The number of hydrogen-bond donors (Lipinski definition) is 0. The molecule has 0 spiro atoms. The van der Waals surface area contributed by atoms with Gasteiger partial charge < -0.3 is 4.57 Å². The van der Waals surface area contributed by atoms with Crippen LogP contribution in [0.5, 0.6) is 0 Å². The van der Waals surface area contributed by atoms with Gasteiger partial charge in [-0.3, -0.25) is 0 Å². The normalized spacial score (nSPS) is 12.3. The summed E-state index contributed by atoms with van der Waals surface area (Å²) in [6.07, 6.45) is 3.39. The van der Waals surface area contributed by atoms with E-state index in [1.165, 1.54) is 18.4 Å². The largest absolute Gasteiger partial charge is 0.334 e. The summed E-state index contributed by atoms with van der Waals surface area (Å²) in [4.78, 5) is 4.01. The van der Waals surface area contributed by atoms with Gasteiger partial charge in [-0.25, -0.2) is 17.7 Å². The lowest BCUT2D eigenvalue weighted by Gasteiger charge is -2.11. The van der Waals surface area contributed by atoms with Crippen molar-refractivity contribution in [3.05, 3.63) is 18.2 Å². The molecule has 0 radical (unpaired) electrons. The first-order valence-electron chi connectivity index (χ1n) is 4.37. The van der Waals surface area contributed by atoms with Gasteiger partial charge in [-0.2, -0.15) is 0 Å². The Labute approximate surface area is 84.4 Å². The van der Waals surface area contributed by atoms with Gasteiger partial charge in [0.2, 0.25) is 10.0 Å². The summed E-state index contributed by atoms with van der Waals surface area (Å²) in [5, 5.41) is 0. The summed E-state index contributed by atoms with van der Waals surface area (Å²) in [7, 11) is -0.159. The summed E-state index contributed by atoms with van der Waals surface area (Å²) in [5.74, 6) is 0.544. The standard InChI is InChI=1S/C8H15N3O2S/c1-4-11-6-5-9-8(11)7-14(12,13)10(2)3/h5-6H,4,7H2,1-3H3. The monoisotopic (exact) mass is 217 g/mol. The molecule has 0 unspecified atom stereocenters. The quantitative estimate of drug-likeness (QED) is 0.728. The zero-order valence-corrected chi connectivity index (χ0v) is 9.45. The third-order valence-electron chi connectivity index (χ3n) is 2.01. The molecule has 1 aromatic heterocycles. The molecular formula is C8H15N3O2S. The minimum atomic E-state index is -3.20. The molecule has 1 aromatic rings. The Morgan fingerprint density at radius 1 is 1.50 bits per heavy atom. The second kappa shape index (κ2) is 4.10. The van der Waals surface area contributed by atoms with Crippen LogP contribution in [0.1, 0.15) is 12.7 Å². The Bertz CT molecular complexity index is 394. The van der Waals surface area contributed by atoms with Crippen LogP contribution >= 0.6 is 0 Å². The van der Waals surface area contributed by atoms with Crippen molar-refractivity contribution in [2.45, 2.75) is 19.2 Å². The highest BCUT2D eigenvalue weighted by molar-refractivity contribution is 7.88. The fraction of sp³-hybridized carbons (Fsp3) is 0.625. The molecule has 1 heterocycles. The van der Waals surface area contributed by atoms with Crippen molar-refractivity contribution >= 4 is 10.0 Å². The molecule has 6 heteroatoms. The van der Waals surface area contributed by atoms with Gasteiger partial charge in [0.1, 0.15) is 11.6 Å². The van der Waals surface area contributed by atoms with E-state index in [0.29, 0.717) is 5.82 Å². The highest BCUT2D eigenvalue weighted by Gasteiger charge is 2.17. The molecule has 0 amide bonds. The number of aromatic nitrogens is 2. The first kappa shape index (κ1) is 11.2. The van der Waals surface area contributed by atoms with Gasteiger partial charge in [-0.1, -0.05) is 0 Å². The Morgan fingerprint density at radius 3 is 2.64 bits per heavy atom. The molecule has 80 valence electrons. The van der Waals surface area contributed by atoms with Crippen LogP contribution in [0.15, 0.2) is 12.4 Å². The number of nitrogens with zero attached hydrogens (tertiary/aromatic N) is 3. The van der Waals surface area contributed by atoms with Crippen LogP contribution in [0.2, 0.25) is 0 Å². The summed E-state index contributed by atoms with van der Waals surface area (Å²) < 4.78 is 26.1. The maximum Gasteiger partial charge on any atom is 0.220 e. The van der Waals surface area contributed by atoms with Crippen molar-refractivity contribution < 1.29 is 8.42 Å². The van der Waals surface area contributed by atoms with E-state index in [9.17, 15) is 8.42 Å². The van der Waals surface area contributed by atoms with Crippen LogP contribution in [0.4, 0.5) is 0 Å². The van der Waals surface area contributed by atoms with Gasteiger partial charge in [-0.05, 0) is 6.92 Å². The Balaban J connectivity index is 2.89. The molecule has 0 aliphatic heterocycles. The molecule has 1 rings (SSSR count). The van der Waals surface area contributed by atoms with Crippen LogP contribution < -0.4 is 0 Å². The van der Waals surface area contributed by atoms with Crippen molar-refractivity contribution in [3.63, 3.8) is 0 Å². The molecule has 0 bridgehead atoms. The van der Waals surface area contributed by atoms with Crippen molar-refractivity contribution in [1.29, 1.82) is 0 Å². The lowest BCUT2D eigenvalue weighted by molar-refractivity contribution is 0.516. The molecule has 0 saturated carbocycles. The maximum absolute atomic E-state index is 11.5. The lowest BCUT2D eigenvalue weighted by Crippen LogP contribution is -2.25. The van der Waals surface area contributed by atoms with Gasteiger partial charge >= 0.3 is 0 Å². The lowest BCUT2D eigenvalue weighted by atomic mass is 10.6. The molecule has 0 fully saturated rings. The van der Waals surface area contributed by atoms with Crippen molar-refractivity contribution in [2.75, 3.05) is 14.1 Å². The molecule has 0 aliphatic rings. The molecule has 14 heavy (non-hydrogen) atoms. The van der Waals surface area contributed by atoms with Crippen molar-refractivity contribution in [2.24, 2.45) is 0 Å². The van der Waals surface area contributed by atoms with E-state index in [-0.39, 0.29) is 5.75 Å². The number of sulfonamides is 1. The molecular weight excluding hydrogens is 202 g/mol. The van der Waals surface area contributed by atoms with E-state index in [0.717, 1.165) is 6.54 Å². The smallest absolute Gasteiger partial charge is 0.220 e. The van der Waals surface area contributed by atoms with Gasteiger partial charge in [0, 0.05) is 33.0 Å². The third kappa shape index (κ3) is 2.33. The molecule has 0 aromatic carbocycles. The van der Waals surface area contributed by atoms with Gasteiger partial charge in [0.15, 0.2) is 0 Å². The fourth-order valence-electron chi connectivity index (χ4n) is 1.06.